The van der Waals surface area contributed by atoms with E-state index in [-0.39, 0.29) is 12.5 Å². The summed E-state index contributed by atoms with van der Waals surface area (Å²) in [7, 11) is -2.22. The second kappa shape index (κ2) is 9.40. The third-order valence-corrected chi connectivity index (χ3v) is 6.28. The van der Waals surface area contributed by atoms with Crippen molar-refractivity contribution >= 4 is 27.3 Å². The Hall–Kier alpha value is -3.39. The van der Waals surface area contributed by atoms with Gasteiger partial charge in [0.1, 0.15) is 11.6 Å². The average molecular weight is 457 g/mol. The maximum atomic E-state index is 13.3. The van der Waals surface area contributed by atoms with Crippen LogP contribution < -0.4 is 14.4 Å². The summed E-state index contributed by atoms with van der Waals surface area (Å²) in [6.07, 6.45) is 1.07. The van der Waals surface area contributed by atoms with Gasteiger partial charge in [-0.3, -0.25) is 9.10 Å². The van der Waals surface area contributed by atoms with E-state index in [4.69, 9.17) is 4.74 Å². The van der Waals surface area contributed by atoms with E-state index in [1.807, 2.05) is 32.0 Å². The number of carbonyl (C=O) groups is 1. The summed E-state index contributed by atoms with van der Waals surface area (Å²) >= 11 is 0. The first-order valence-electron chi connectivity index (χ1n) is 9.87. The lowest BCUT2D eigenvalue weighted by Crippen LogP contribution is -2.29. The van der Waals surface area contributed by atoms with E-state index in [9.17, 15) is 17.6 Å². The van der Waals surface area contributed by atoms with E-state index < -0.39 is 15.8 Å². The molecule has 0 aliphatic rings. The Labute approximate surface area is 187 Å². The molecule has 0 saturated heterocycles. The molecule has 0 aliphatic carbocycles. The normalized spacial score (nSPS) is 11.2. The number of rotatable bonds is 7. The maximum absolute atomic E-state index is 13.3. The first-order chi connectivity index (χ1) is 15.1. The third-order valence-electron chi connectivity index (χ3n) is 5.14. The highest BCUT2D eigenvalue weighted by molar-refractivity contribution is 7.92. The molecule has 0 aromatic heterocycles. The van der Waals surface area contributed by atoms with Crippen molar-refractivity contribution in [2.45, 2.75) is 20.4 Å². The smallest absolute Gasteiger partial charge is 0.255 e. The van der Waals surface area contributed by atoms with Crippen LogP contribution in [0.5, 0.6) is 5.75 Å². The largest absolute Gasteiger partial charge is 0.496 e. The van der Waals surface area contributed by atoms with Gasteiger partial charge in [0.25, 0.3) is 5.91 Å². The van der Waals surface area contributed by atoms with Gasteiger partial charge in [0, 0.05) is 16.8 Å². The monoisotopic (exact) mass is 456 g/mol. The van der Waals surface area contributed by atoms with Gasteiger partial charge >= 0.3 is 0 Å². The fourth-order valence-electron chi connectivity index (χ4n) is 3.23. The topological polar surface area (TPSA) is 75.7 Å². The molecule has 3 aromatic carbocycles. The van der Waals surface area contributed by atoms with Crippen LogP contribution in [0.3, 0.4) is 0 Å². The SMILES string of the molecule is COc1ccc(C(=O)Nc2ccc(C)c(C)c2)cc1CN(c1ccc(F)cc1)S(C)(=O)=O. The minimum Gasteiger partial charge on any atom is -0.496 e. The standard InChI is InChI=1S/C24H25FN2O4S/c1-16-5-9-21(13-17(16)2)26-24(28)18-6-12-23(31-3)19(14-18)15-27(32(4,29)30)22-10-7-20(25)8-11-22/h5-14H,15H2,1-4H3,(H,26,28). The third kappa shape index (κ3) is 5.45. The molecule has 1 N–H and O–H groups in total. The molecule has 0 spiro atoms. The molecule has 32 heavy (non-hydrogen) atoms. The van der Waals surface area contributed by atoms with Crippen LogP contribution >= 0.6 is 0 Å². The predicted molar refractivity (Wildman–Crippen MR) is 124 cm³/mol. The van der Waals surface area contributed by atoms with E-state index >= 15 is 0 Å². The van der Waals surface area contributed by atoms with Crippen molar-refractivity contribution in [2.24, 2.45) is 0 Å². The number of benzene rings is 3. The summed E-state index contributed by atoms with van der Waals surface area (Å²) in [6, 6.07) is 15.6. The van der Waals surface area contributed by atoms with Gasteiger partial charge < -0.3 is 10.1 Å². The molecule has 0 aliphatic heterocycles. The van der Waals surface area contributed by atoms with Gasteiger partial charge in [-0.05, 0) is 79.6 Å². The summed E-state index contributed by atoms with van der Waals surface area (Å²) in [4.78, 5) is 12.8. The van der Waals surface area contributed by atoms with E-state index in [1.54, 1.807) is 18.2 Å². The molecule has 8 heteroatoms. The first kappa shape index (κ1) is 23.3. The van der Waals surface area contributed by atoms with Crippen molar-refractivity contribution in [3.8, 4) is 5.75 Å². The van der Waals surface area contributed by atoms with Crippen LogP contribution in [0.15, 0.2) is 60.7 Å². The van der Waals surface area contributed by atoms with E-state index in [2.05, 4.69) is 5.32 Å². The fourth-order valence-corrected chi connectivity index (χ4v) is 4.11. The molecule has 0 saturated carbocycles. The number of nitrogens with zero attached hydrogens (tertiary/aromatic N) is 1. The number of ether oxygens (including phenoxy) is 1. The van der Waals surface area contributed by atoms with Crippen LogP contribution in [-0.2, 0) is 16.6 Å². The van der Waals surface area contributed by atoms with E-state index in [1.165, 1.54) is 31.4 Å². The highest BCUT2D eigenvalue weighted by Crippen LogP contribution is 2.27. The Morgan fingerprint density at radius 1 is 1.00 bits per heavy atom. The summed E-state index contributed by atoms with van der Waals surface area (Å²) in [5.41, 5.74) is 4.00. The van der Waals surface area contributed by atoms with Crippen molar-refractivity contribution in [1.29, 1.82) is 0 Å². The molecule has 3 aromatic rings. The van der Waals surface area contributed by atoms with Crippen molar-refractivity contribution in [2.75, 3.05) is 23.0 Å². The lowest BCUT2D eigenvalue weighted by Gasteiger charge is -2.24. The molecule has 168 valence electrons. The number of hydrogen-bond donors (Lipinski definition) is 1. The Morgan fingerprint density at radius 3 is 2.28 bits per heavy atom. The highest BCUT2D eigenvalue weighted by atomic mass is 32.2. The molecule has 0 unspecified atom stereocenters. The van der Waals surface area contributed by atoms with Crippen molar-refractivity contribution in [3.05, 3.63) is 88.7 Å². The Kier molecular flexibility index (Phi) is 6.84. The van der Waals surface area contributed by atoms with Gasteiger partial charge in [0.2, 0.25) is 10.0 Å². The highest BCUT2D eigenvalue weighted by Gasteiger charge is 2.21. The summed E-state index contributed by atoms with van der Waals surface area (Å²) in [5.74, 6) is -0.363. The van der Waals surface area contributed by atoms with Crippen LogP contribution in [-0.4, -0.2) is 27.7 Å². The molecule has 0 heterocycles. The lowest BCUT2D eigenvalue weighted by atomic mass is 10.1. The molecular formula is C24H25FN2O4S. The second-order valence-corrected chi connectivity index (χ2v) is 9.43. The number of sulfonamides is 1. The Morgan fingerprint density at radius 2 is 1.69 bits per heavy atom. The number of carbonyl (C=O) groups excluding carboxylic acids is 1. The molecule has 6 nitrogen and oxygen atoms in total. The summed E-state index contributed by atoms with van der Waals surface area (Å²) < 4.78 is 44.7. The van der Waals surface area contributed by atoms with Crippen LogP contribution in [0.25, 0.3) is 0 Å². The minimum atomic E-state index is -3.69. The Bertz CT molecular complexity index is 1240. The number of aryl methyl sites for hydroxylation is 2. The van der Waals surface area contributed by atoms with Gasteiger partial charge in [-0.1, -0.05) is 6.07 Å². The van der Waals surface area contributed by atoms with Crippen LogP contribution in [0, 0.1) is 19.7 Å². The number of anilines is 2. The zero-order valence-electron chi connectivity index (χ0n) is 18.3. The number of hydrogen-bond acceptors (Lipinski definition) is 4. The number of amides is 1. The zero-order valence-corrected chi connectivity index (χ0v) is 19.2. The van der Waals surface area contributed by atoms with Gasteiger partial charge in [0.05, 0.1) is 25.6 Å². The van der Waals surface area contributed by atoms with Crippen molar-refractivity contribution < 1.29 is 22.3 Å². The molecule has 0 radical (unpaired) electrons. The lowest BCUT2D eigenvalue weighted by molar-refractivity contribution is 0.102. The van der Waals surface area contributed by atoms with Gasteiger partial charge in [-0.2, -0.15) is 0 Å². The molecular weight excluding hydrogens is 431 g/mol. The minimum absolute atomic E-state index is 0.0849. The quantitative estimate of drug-likeness (QED) is 0.561. The summed E-state index contributed by atoms with van der Waals surface area (Å²) in [6.45, 7) is 3.87. The van der Waals surface area contributed by atoms with Crippen LogP contribution in [0.1, 0.15) is 27.0 Å². The number of halogens is 1. The maximum Gasteiger partial charge on any atom is 0.255 e. The van der Waals surface area contributed by atoms with Crippen LogP contribution in [0.4, 0.5) is 15.8 Å². The Balaban J connectivity index is 1.93. The molecule has 0 bridgehead atoms. The molecule has 0 fully saturated rings. The first-order valence-corrected chi connectivity index (χ1v) is 11.7. The summed E-state index contributed by atoms with van der Waals surface area (Å²) in [5, 5.41) is 2.86. The van der Waals surface area contributed by atoms with Crippen molar-refractivity contribution in [3.63, 3.8) is 0 Å². The molecule has 0 atom stereocenters. The van der Waals surface area contributed by atoms with Gasteiger partial charge in [0.15, 0.2) is 0 Å². The van der Waals surface area contributed by atoms with Gasteiger partial charge in [-0.15, -0.1) is 0 Å². The van der Waals surface area contributed by atoms with E-state index in [0.29, 0.717) is 28.3 Å². The van der Waals surface area contributed by atoms with Gasteiger partial charge in [-0.25, -0.2) is 12.8 Å². The predicted octanol–water partition coefficient (Wildman–Crippen LogP) is 4.67. The number of methoxy groups -OCH3 is 1. The molecule has 1 amide bonds. The van der Waals surface area contributed by atoms with E-state index in [0.717, 1.165) is 21.7 Å². The second-order valence-electron chi connectivity index (χ2n) is 7.53. The van der Waals surface area contributed by atoms with Crippen molar-refractivity contribution in [1.82, 2.24) is 0 Å². The zero-order chi connectivity index (χ0) is 23.5. The average Bonchev–Trinajstić information content (AvgIpc) is 2.74. The fraction of sp³-hybridized carbons (Fsp3) is 0.208. The molecule has 3 rings (SSSR count). The van der Waals surface area contributed by atoms with Crippen LogP contribution in [0.2, 0.25) is 0 Å². The number of nitrogens with one attached hydrogen (secondary N) is 1.